The van der Waals surface area contributed by atoms with Crippen LogP contribution < -0.4 is 4.74 Å². The summed E-state index contributed by atoms with van der Waals surface area (Å²) in [6.07, 6.45) is 3.17. The maximum atomic E-state index is 12.1. The number of ether oxygens (including phenoxy) is 1. The molecule has 1 rings (SSSR count). The largest absolute Gasteiger partial charge is 0.482 e. The number of hydrogen-bond donors (Lipinski definition) is 1. The van der Waals surface area contributed by atoms with Gasteiger partial charge in [-0.25, -0.2) is 4.79 Å². The number of ketones is 1. The highest BCUT2D eigenvalue weighted by Gasteiger charge is 2.21. The molecule has 0 aliphatic heterocycles. The van der Waals surface area contributed by atoms with Crippen molar-refractivity contribution >= 4 is 11.8 Å². The molecule has 110 valence electrons. The number of hydrogen-bond acceptors (Lipinski definition) is 3. The first-order chi connectivity index (χ1) is 9.60. The molecule has 0 saturated carbocycles. The monoisotopic (exact) mass is 278 g/mol. The van der Waals surface area contributed by atoms with Gasteiger partial charge in [-0.2, -0.15) is 0 Å². The molecular formula is C16H22O4. The fourth-order valence-electron chi connectivity index (χ4n) is 1.98. The molecule has 0 spiro atoms. The van der Waals surface area contributed by atoms with Crippen molar-refractivity contribution in [2.75, 3.05) is 0 Å². The van der Waals surface area contributed by atoms with Crippen LogP contribution in [0.15, 0.2) is 24.3 Å². The first-order valence-electron chi connectivity index (χ1n) is 7.11. The molecule has 0 fully saturated rings. The summed E-state index contributed by atoms with van der Waals surface area (Å²) in [6.45, 7) is 3.99. The summed E-state index contributed by atoms with van der Waals surface area (Å²) in [4.78, 5) is 23.2. The summed E-state index contributed by atoms with van der Waals surface area (Å²) in [6, 6.07) is 6.44. The number of rotatable bonds is 9. The van der Waals surface area contributed by atoms with Gasteiger partial charge in [0.25, 0.3) is 0 Å². The summed E-state index contributed by atoms with van der Waals surface area (Å²) >= 11 is 0. The highest BCUT2D eigenvalue weighted by molar-refractivity contribution is 5.91. The third-order valence-corrected chi connectivity index (χ3v) is 3.06. The van der Waals surface area contributed by atoms with Crippen LogP contribution in [0.2, 0.25) is 0 Å². The third kappa shape index (κ3) is 4.68. The van der Waals surface area contributed by atoms with E-state index in [0.29, 0.717) is 12.8 Å². The van der Waals surface area contributed by atoms with Crippen molar-refractivity contribution in [3.05, 3.63) is 29.8 Å². The van der Waals surface area contributed by atoms with Crippen LogP contribution in [0, 0.1) is 0 Å². The molecule has 0 aliphatic carbocycles. The van der Waals surface area contributed by atoms with Crippen molar-refractivity contribution < 1.29 is 19.4 Å². The van der Waals surface area contributed by atoms with Gasteiger partial charge in [-0.3, -0.25) is 4.79 Å². The predicted molar refractivity (Wildman–Crippen MR) is 77.3 cm³/mol. The molecule has 0 heterocycles. The molecule has 0 saturated heterocycles. The molecule has 0 radical (unpaired) electrons. The molecule has 1 N–H and O–H groups in total. The Hall–Kier alpha value is -1.84. The first kappa shape index (κ1) is 16.2. The van der Waals surface area contributed by atoms with Gasteiger partial charge in [-0.1, -0.05) is 32.4 Å². The molecule has 4 heteroatoms. The highest BCUT2D eigenvalue weighted by atomic mass is 16.5. The number of aromatic carboxylic acids is 1. The standard InChI is InChI=1S/C16H22O4/c1-3-5-10-15(13(17)8-4-2)20-14-11-7-6-9-12(14)16(18)19/h6-7,9,11,15H,3-5,8,10H2,1-2H3,(H,18,19). The van der Waals surface area contributed by atoms with Crippen molar-refractivity contribution in [3.8, 4) is 5.75 Å². The lowest BCUT2D eigenvalue weighted by molar-refractivity contribution is -0.126. The number of unbranched alkanes of at least 4 members (excludes halogenated alkanes) is 1. The van der Waals surface area contributed by atoms with Crippen molar-refractivity contribution in [2.24, 2.45) is 0 Å². The number of carboxylic acid groups (broad SMARTS) is 1. The maximum absolute atomic E-state index is 12.1. The Labute approximate surface area is 119 Å². The summed E-state index contributed by atoms with van der Waals surface area (Å²) in [5.74, 6) is -0.732. The van der Waals surface area contributed by atoms with Crippen LogP contribution in [-0.2, 0) is 4.79 Å². The SMILES string of the molecule is CCCCC(Oc1ccccc1C(=O)O)C(=O)CCC. The minimum atomic E-state index is -1.04. The number of Topliss-reactive ketones (excluding diaryl/α,β-unsaturated/α-hetero) is 1. The number of carbonyl (C=O) groups excluding carboxylic acids is 1. The summed E-state index contributed by atoms with van der Waals surface area (Å²) < 4.78 is 5.69. The van der Waals surface area contributed by atoms with E-state index in [4.69, 9.17) is 9.84 Å². The molecule has 1 aromatic carbocycles. The Balaban J connectivity index is 2.88. The van der Waals surface area contributed by atoms with Crippen LogP contribution in [-0.4, -0.2) is 23.0 Å². The third-order valence-electron chi connectivity index (χ3n) is 3.06. The average Bonchev–Trinajstić information content (AvgIpc) is 2.43. The van der Waals surface area contributed by atoms with Crippen LogP contribution in [0.25, 0.3) is 0 Å². The quantitative estimate of drug-likeness (QED) is 0.748. The van der Waals surface area contributed by atoms with Crippen molar-refractivity contribution in [1.82, 2.24) is 0 Å². The molecule has 20 heavy (non-hydrogen) atoms. The van der Waals surface area contributed by atoms with Gasteiger partial charge < -0.3 is 9.84 Å². The normalized spacial score (nSPS) is 11.9. The molecule has 1 unspecified atom stereocenters. The van der Waals surface area contributed by atoms with Gasteiger partial charge in [0.05, 0.1) is 0 Å². The number of para-hydroxylation sites is 1. The molecule has 0 amide bonds. The van der Waals surface area contributed by atoms with Crippen LogP contribution in [0.4, 0.5) is 0 Å². The van der Waals surface area contributed by atoms with Gasteiger partial charge in [0.2, 0.25) is 0 Å². The Morgan fingerprint density at radius 3 is 2.50 bits per heavy atom. The van der Waals surface area contributed by atoms with E-state index in [1.807, 2.05) is 13.8 Å². The van der Waals surface area contributed by atoms with E-state index in [-0.39, 0.29) is 17.1 Å². The Morgan fingerprint density at radius 2 is 1.90 bits per heavy atom. The van der Waals surface area contributed by atoms with Crippen molar-refractivity contribution in [3.63, 3.8) is 0 Å². The lowest BCUT2D eigenvalue weighted by atomic mass is 10.0. The van der Waals surface area contributed by atoms with Crippen LogP contribution in [0.1, 0.15) is 56.3 Å². The maximum Gasteiger partial charge on any atom is 0.339 e. The average molecular weight is 278 g/mol. The van der Waals surface area contributed by atoms with Crippen LogP contribution in [0.5, 0.6) is 5.75 Å². The molecule has 4 nitrogen and oxygen atoms in total. The van der Waals surface area contributed by atoms with Gasteiger partial charge in [0.15, 0.2) is 11.9 Å². The van der Waals surface area contributed by atoms with E-state index in [0.717, 1.165) is 19.3 Å². The Kier molecular flexibility index (Phi) is 6.77. The number of carbonyl (C=O) groups is 2. The first-order valence-corrected chi connectivity index (χ1v) is 7.11. The summed E-state index contributed by atoms with van der Waals surface area (Å²) in [5, 5.41) is 9.13. The van der Waals surface area contributed by atoms with Gasteiger partial charge in [0.1, 0.15) is 11.3 Å². The minimum Gasteiger partial charge on any atom is -0.482 e. The smallest absolute Gasteiger partial charge is 0.339 e. The Bertz CT molecular complexity index is 454. The fourth-order valence-corrected chi connectivity index (χ4v) is 1.98. The van der Waals surface area contributed by atoms with Crippen molar-refractivity contribution in [1.29, 1.82) is 0 Å². The fraction of sp³-hybridized carbons (Fsp3) is 0.500. The lowest BCUT2D eigenvalue weighted by Gasteiger charge is -2.19. The van der Waals surface area contributed by atoms with Gasteiger partial charge in [0, 0.05) is 6.42 Å². The van der Waals surface area contributed by atoms with E-state index in [9.17, 15) is 9.59 Å². The zero-order valence-corrected chi connectivity index (χ0v) is 12.1. The molecule has 0 aliphatic rings. The summed E-state index contributed by atoms with van der Waals surface area (Å²) in [5.41, 5.74) is 0.0956. The van der Waals surface area contributed by atoms with E-state index in [2.05, 4.69) is 0 Å². The lowest BCUT2D eigenvalue weighted by Crippen LogP contribution is -2.27. The number of carboxylic acids is 1. The van der Waals surface area contributed by atoms with E-state index in [1.165, 1.54) is 6.07 Å². The second kappa shape index (κ2) is 8.35. The molecular weight excluding hydrogens is 256 g/mol. The van der Waals surface area contributed by atoms with E-state index >= 15 is 0 Å². The Morgan fingerprint density at radius 1 is 1.20 bits per heavy atom. The highest BCUT2D eigenvalue weighted by Crippen LogP contribution is 2.22. The summed E-state index contributed by atoms with van der Waals surface area (Å²) in [7, 11) is 0. The van der Waals surface area contributed by atoms with E-state index in [1.54, 1.807) is 18.2 Å². The zero-order valence-electron chi connectivity index (χ0n) is 12.1. The predicted octanol–water partition coefficient (Wildman–Crippen LogP) is 3.69. The van der Waals surface area contributed by atoms with E-state index < -0.39 is 12.1 Å². The second-order valence-electron chi connectivity index (χ2n) is 4.77. The van der Waals surface area contributed by atoms with Crippen LogP contribution >= 0.6 is 0 Å². The van der Waals surface area contributed by atoms with Gasteiger partial charge in [-0.05, 0) is 31.4 Å². The molecule has 0 bridgehead atoms. The minimum absolute atomic E-state index is 0.0427. The second-order valence-corrected chi connectivity index (χ2v) is 4.77. The number of benzene rings is 1. The van der Waals surface area contributed by atoms with Crippen molar-refractivity contribution in [2.45, 2.75) is 52.1 Å². The topological polar surface area (TPSA) is 63.6 Å². The van der Waals surface area contributed by atoms with Gasteiger partial charge in [-0.15, -0.1) is 0 Å². The van der Waals surface area contributed by atoms with Gasteiger partial charge >= 0.3 is 5.97 Å². The molecule has 1 aromatic rings. The molecule has 0 aromatic heterocycles. The zero-order chi connectivity index (χ0) is 15.0. The molecule has 1 atom stereocenters. The van der Waals surface area contributed by atoms with Crippen LogP contribution in [0.3, 0.4) is 0 Å².